The minimum atomic E-state index is -3.77. The average Bonchev–Trinajstić information content (AvgIpc) is 3.13. The van der Waals surface area contributed by atoms with Gasteiger partial charge in [0.1, 0.15) is 6.54 Å². The summed E-state index contributed by atoms with van der Waals surface area (Å²) >= 11 is 0. The summed E-state index contributed by atoms with van der Waals surface area (Å²) in [5, 5.41) is 2.57. The molecule has 1 N–H and O–H groups in total. The van der Waals surface area contributed by atoms with Gasteiger partial charge in [-0.15, -0.1) is 0 Å². The van der Waals surface area contributed by atoms with Gasteiger partial charge in [0.2, 0.25) is 22.7 Å². The summed E-state index contributed by atoms with van der Waals surface area (Å²) in [6, 6.07) is 10.9. The van der Waals surface area contributed by atoms with Gasteiger partial charge in [-0.25, -0.2) is 13.2 Å². The van der Waals surface area contributed by atoms with Gasteiger partial charge in [0.25, 0.3) is 0 Å². The third-order valence-electron chi connectivity index (χ3n) is 4.03. The van der Waals surface area contributed by atoms with E-state index in [1.54, 1.807) is 25.1 Å². The highest BCUT2D eigenvalue weighted by Crippen LogP contribution is 2.36. The average molecular weight is 420 g/mol. The number of carbonyl (C=O) groups excluding carboxylic acids is 2. The minimum absolute atomic E-state index is 0.0444. The number of ether oxygens (including phenoxy) is 3. The first-order chi connectivity index (χ1) is 13.8. The number of rotatable bonds is 7. The fraction of sp³-hybridized carbons (Fsp3) is 0.263. The maximum absolute atomic E-state index is 12.6. The lowest BCUT2D eigenvalue weighted by Gasteiger charge is -2.22. The Labute approximate surface area is 168 Å². The highest BCUT2D eigenvalue weighted by atomic mass is 32.2. The largest absolute Gasteiger partial charge is 0.462 e. The van der Waals surface area contributed by atoms with Crippen molar-refractivity contribution in [1.82, 2.24) is 0 Å². The molecule has 1 aliphatic rings. The molecule has 0 aliphatic carbocycles. The number of nitrogens with zero attached hydrogens (tertiary/aromatic N) is 1. The van der Waals surface area contributed by atoms with Gasteiger partial charge < -0.3 is 19.5 Å². The van der Waals surface area contributed by atoms with Crippen molar-refractivity contribution in [3.63, 3.8) is 0 Å². The first-order valence-electron chi connectivity index (χ1n) is 8.73. The van der Waals surface area contributed by atoms with Crippen LogP contribution in [0.15, 0.2) is 42.5 Å². The second kappa shape index (κ2) is 8.39. The molecule has 0 unspecified atom stereocenters. The van der Waals surface area contributed by atoms with E-state index in [0.29, 0.717) is 11.5 Å². The van der Waals surface area contributed by atoms with Gasteiger partial charge in [-0.3, -0.25) is 9.10 Å². The van der Waals surface area contributed by atoms with E-state index in [1.165, 1.54) is 24.3 Å². The molecule has 0 fully saturated rings. The van der Waals surface area contributed by atoms with Gasteiger partial charge >= 0.3 is 5.97 Å². The van der Waals surface area contributed by atoms with E-state index in [4.69, 9.17) is 14.2 Å². The smallest absolute Gasteiger partial charge is 0.340 e. The molecule has 0 saturated carbocycles. The molecule has 1 aliphatic heterocycles. The van der Waals surface area contributed by atoms with E-state index >= 15 is 0 Å². The topological polar surface area (TPSA) is 111 Å². The van der Waals surface area contributed by atoms with Crippen molar-refractivity contribution in [2.45, 2.75) is 6.92 Å². The molecule has 2 aromatic rings. The fourth-order valence-corrected chi connectivity index (χ4v) is 3.59. The first-order valence-corrected chi connectivity index (χ1v) is 10.6. The molecule has 0 aromatic heterocycles. The van der Waals surface area contributed by atoms with Crippen molar-refractivity contribution in [3.05, 3.63) is 48.0 Å². The zero-order valence-electron chi connectivity index (χ0n) is 15.9. The second-order valence-corrected chi connectivity index (χ2v) is 8.03. The first kappa shape index (κ1) is 20.5. The van der Waals surface area contributed by atoms with E-state index in [1.807, 2.05) is 0 Å². The number of hydrogen-bond acceptors (Lipinski definition) is 7. The number of anilines is 2. The molecule has 29 heavy (non-hydrogen) atoms. The van der Waals surface area contributed by atoms with Crippen molar-refractivity contribution in [3.8, 4) is 11.5 Å². The number of sulfonamides is 1. The van der Waals surface area contributed by atoms with Crippen molar-refractivity contribution < 1.29 is 32.2 Å². The Morgan fingerprint density at radius 2 is 1.86 bits per heavy atom. The minimum Gasteiger partial charge on any atom is -0.462 e. The molecule has 1 heterocycles. The standard InChI is InChI=1S/C19H20N2O7S/c1-3-26-19(23)14-6-4-5-7-15(14)20-18(22)11-21(29(2,24)25)13-8-9-16-17(10-13)28-12-27-16/h4-10H,3,11-12H2,1-2H3,(H,20,22). The number of amides is 1. The number of para-hydroxylation sites is 1. The van der Waals surface area contributed by atoms with Gasteiger partial charge in [-0.2, -0.15) is 0 Å². The molecule has 2 aromatic carbocycles. The summed E-state index contributed by atoms with van der Waals surface area (Å²) in [4.78, 5) is 24.6. The molecule has 0 spiro atoms. The summed E-state index contributed by atoms with van der Waals surface area (Å²) in [5.41, 5.74) is 0.664. The maximum Gasteiger partial charge on any atom is 0.340 e. The number of carbonyl (C=O) groups is 2. The van der Waals surface area contributed by atoms with Gasteiger partial charge in [-0.1, -0.05) is 12.1 Å². The van der Waals surface area contributed by atoms with E-state index in [2.05, 4.69) is 5.32 Å². The fourth-order valence-electron chi connectivity index (χ4n) is 2.74. The highest BCUT2D eigenvalue weighted by Gasteiger charge is 2.24. The summed E-state index contributed by atoms with van der Waals surface area (Å²) < 4.78 is 41.0. The zero-order chi connectivity index (χ0) is 21.0. The molecule has 9 nitrogen and oxygen atoms in total. The molecular formula is C19H20N2O7S. The quantitative estimate of drug-likeness (QED) is 0.682. The lowest BCUT2D eigenvalue weighted by molar-refractivity contribution is -0.114. The Kier molecular flexibility index (Phi) is 5.92. The highest BCUT2D eigenvalue weighted by molar-refractivity contribution is 7.92. The SMILES string of the molecule is CCOC(=O)c1ccccc1NC(=O)CN(c1ccc2c(c1)OCO2)S(C)(=O)=O. The predicted molar refractivity (Wildman–Crippen MR) is 106 cm³/mol. The number of hydrogen-bond donors (Lipinski definition) is 1. The van der Waals surface area contributed by atoms with Gasteiger partial charge in [0.15, 0.2) is 11.5 Å². The van der Waals surface area contributed by atoms with Gasteiger partial charge in [0, 0.05) is 6.07 Å². The van der Waals surface area contributed by atoms with E-state index in [9.17, 15) is 18.0 Å². The van der Waals surface area contributed by atoms with Crippen LogP contribution in [0.3, 0.4) is 0 Å². The van der Waals surface area contributed by atoms with Crippen LogP contribution in [0.5, 0.6) is 11.5 Å². The lowest BCUT2D eigenvalue weighted by atomic mass is 10.2. The van der Waals surface area contributed by atoms with Crippen molar-refractivity contribution in [2.75, 3.05) is 35.8 Å². The number of benzene rings is 2. The Hall–Kier alpha value is -3.27. The second-order valence-electron chi connectivity index (χ2n) is 6.12. The summed E-state index contributed by atoms with van der Waals surface area (Å²) in [7, 11) is -3.77. The van der Waals surface area contributed by atoms with Crippen LogP contribution in [-0.4, -0.2) is 46.5 Å². The number of fused-ring (bicyclic) bond motifs is 1. The van der Waals surface area contributed by atoms with Gasteiger partial charge in [0.05, 0.1) is 29.8 Å². The van der Waals surface area contributed by atoms with Crippen LogP contribution in [0.25, 0.3) is 0 Å². The monoisotopic (exact) mass is 420 g/mol. The van der Waals surface area contributed by atoms with Crippen LogP contribution >= 0.6 is 0 Å². The third kappa shape index (κ3) is 4.77. The van der Waals surface area contributed by atoms with Crippen LogP contribution in [0.2, 0.25) is 0 Å². The lowest BCUT2D eigenvalue weighted by Crippen LogP contribution is -2.37. The molecule has 1 amide bonds. The Morgan fingerprint density at radius 3 is 2.59 bits per heavy atom. The molecule has 0 bridgehead atoms. The molecule has 154 valence electrons. The molecule has 0 saturated heterocycles. The van der Waals surface area contributed by atoms with Crippen LogP contribution in [-0.2, 0) is 19.6 Å². The molecule has 0 radical (unpaired) electrons. The molecular weight excluding hydrogens is 400 g/mol. The predicted octanol–water partition coefficient (Wildman–Crippen LogP) is 2.00. The maximum atomic E-state index is 12.6. The zero-order valence-corrected chi connectivity index (χ0v) is 16.7. The summed E-state index contributed by atoms with van der Waals surface area (Å²) in [5.74, 6) is -0.316. The van der Waals surface area contributed by atoms with Crippen LogP contribution < -0.4 is 19.1 Å². The summed E-state index contributed by atoms with van der Waals surface area (Å²) in [6.45, 7) is 1.42. The van der Waals surface area contributed by atoms with Crippen molar-refractivity contribution in [2.24, 2.45) is 0 Å². The van der Waals surface area contributed by atoms with Crippen LogP contribution in [0.1, 0.15) is 17.3 Å². The number of nitrogens with one attached hydrogen (secondary N) is 1. The summed E-state index contributed by atoms with van der Waals surface area (Å²) in [6.07, 6.45) is 0.997. The van der Waals surface area contributed by atoms with Crippen LogP contribution in [0, 0.1) is 0 Å². The van der Waals surface area contributed by atoms with E-state index in [-0.39, 0.29) is 30.3 Å². The van der Waals surface area contributed by atoms with E-state index < -0.39 is 28.4 Å². The molecule has 3 rings (SSSR count). The van der Waals surface area contributed by atoms with Crippen LogP contribution in [0.4, 0.5) is 11.4 Å². The molecule has 10 heteroatoms. The number of esters is 1. The van der Waals surface area contributed by atoms with Crippen molar-refractivity contribution >= 4 is 33.3 Å². The van der Waals surface area contributed by atoms with Gasteiger partial charge in [-0.05, 0) is 31.2 Å². The van der Waals surface area contributed by atoms with E-state index in [0.717, 1.165) is 10.6 Å². The Balaban J connectivity index is 1.81. The third-order valence-corrected chi connectivity index (χ3v) is 5.17. The Morgan fingerprint density at radius 1 is 1.14 bits per heavy atom. The Bertz CT molecular complexity index is 1040. The van der Waals surface area contributed by atoms with Crippen molar-refractivity contribution in [1.29, 1.82) is 0 Å². The normalized spacial score (nSPS) is 12.3. The molecule has 0 atom stereocenters.